The van der Waals surface area contributed by atoms with Gasteiger partial charge in [-0.05, 0) is 13.8 Å². The number of rotatable bonds is 4. The van der Waals surface area contributed by atoms with Crippen LogP contribution in [-0.2, 0) is 9.47 Å². The van der Waals surface area contributed by atoms with Crippen LogP contribution in [0.25, 0.3) is 0 Å². The Kier molecular flexibility index (Phi) is 7.05. The molecule has 0 heterocycles. The molecule has 52 valence electrons. The van der Waals surface area contributed by atoms with Crippen molar-refractivity contribution in [3.05, 3.63) is 0 Å². The van der Waals surface area contributed by atoms with E-state index in [0.29, 0.717) is 20.0 Å². The van der Waals surface area contributed by atoms with Gasteiger partial charge in [-0.3, -0.25) is 0 Å². The van der Waals surface area contributed by atoms with Crippen LogP contribution in [0.15, 0.2) is 0 Å². The maximum atomic E-state index is 4.92. The van der Waals surface area contributed by atoms with Gasteiger partial charge < -0.3 is 9.47 Å². The zero-order chi connectivity index (χ0) is 6.95. The first-order valence-electron chi connectivity index (χ1n) is 2.97. The number of hydrogen-bond donors (Lipinski definition) is 0. The minimum atomic E-state index is 0.352. The van der Waals surface area contributed by atoms with E-state index in [1.807, 2.05) is 6.92 Å². The molecule has 0 spiro atoms. The average Bonchev–Trinajstić information content (AvgIpc) is 1.89. The molecule has 2 heteroatoms. The van der Waals surface area contributed by atoms with Gasteiger partial charge in [-0.1, -0.05) is 5.92 Å². The highest BCUT2D eigenvalue weighted by Gasteiger charge is 1.78. The topological polar surface area (TPSA) is 18.5 Å². The lowest BCUT2D eigenvalue weighted by Crippen LogP contribution is -1.98. The molecular weight excluding hydrogens is 116 g/mol. The summed E-state index contributed by atoms with van der Waals surface area (Å²) in [7, 11) is 0. The van der Waals surface area contributed by atoms with Gasteiger partial charge in [0.15, 0.2) is 0 Å². The Labute approximate surface area is 56.2 Å². The summed E-state index contributed by atoms with van der Waals surface area (Å²) in [5.74, 6) is 5.47. The third-order valence-electron chi connectivity index (χ3n) is 0.722. The second kappa shape index (κ2) is 7.48. The van der Waals surface area contributed by atoms with Crippen LogP contribution >= 0.6 is 0 Å². The van der Waals surface area contributed by atoms with E-state index in [-0.39, 0.29) is 0 Å². The highest BCUT2D eigenvalue weighted by Crippen LogP contribution is 1.75. The minimum absolute atomic E-state index is 0.352. The third kappa shape index (κ3) is 7.48. The molecule has 0 amide bonds. The van der Waals surface area contributed by atoms with Crippen LogP contribution in [0.2, 0.25) is 0 Å². The van der Waals surface area contributed by atoms with Crippen LogP contribution in [-0.4, -0.2) is 20.0 Å². The van der Waals surface area contributed by atoms with Crippen LogP contribution in [0.1, 0.15) is 13.8 Å². The SMILES string of the molecule is CC#CCOCOCC. The van der Waals surface area contributed by atoms with Crippen LogP contribution in [0, 0.1) is 11.8 Å². The summed E-state index contributed by atoms with van der Waals surface area (Å²) in [6, 6.07) is 0. The predicted molar refractivity (Wildman–Crippen MR) is 35.9 cm³/mol. The van der Waals surface area contributed by atoms with Crippen molar-refractivity contribution < 1.29 is 9.47 Å². The molecule has 0 aliphatic carbocycles. The van der Waals surface area contributed by atoms with E-state index < -0.39 is 0 Å². The molecule has 0 aromatic rings. The zero-order valence-electron chi connectivity index (χ0n) is 5.94. The van der Waals surface area contributed by atoms with Crippen molar-refractivity contribution in [1.29, 1.82) is 0 Å². The lowest BCUT2D eigenvalue weighted by molar-refractivity contribution is -0.0371. The average molecular weight is 128 g/mol. The highest BCUT2D eigenvalue weighted by atomic mass is 16.7. The lowest BCUT2D eigenvalue weighted by atomic mass is 10.6. The summed E-state index contributed by atoms with van der Waals surface area (Å²) < 4.78 is 9.81. The molecule has 9 heavy (non-hydrogen) atoms. The predicted octanol–water partition coefficient (Wildman–Crippen LogP) is 1.02. The van der Waals surface area contributed by atoms with Gasteiger partial charge in [-0.15, -0.1) is 5.92 Å². The van der Waals surface area contributed by atoms with Crippen molar-refractivity contribution in [2.24, 2.45) is 0 Å². The molecule has 0 aliphatic rings. The summed E-state index contributed by atoms with van der Waals surface area (Å²) in [6.07, 6.45) is 0. The van der Waals surface area contributed by atoms with Crippen LogP contribution in [0.5, 0.6) is 0 Å². The maximum absolute atomic E-state index is 4.92. The van der Waals surface area contributed by atoms with Crippen LogP contribution < -0.4 is 0 Å². The molecule has 0 bridgehead atoms. The molecule has 0 aliphatic heterocycles. The van der Waals surface area contributed by atoms with Gasteiger partial charge in [-0.25, -0.2) is 0 Å². The second-order valence-electron chi connectivity index (χ2n) is 1.39. The molecule has 0 saturated heterocycles. The summed E-state index contributed by atoms with van der Waals surface area (Å²) in [5, 5.41) is 0. The fraction of sp³-hybridized carbons (Fsp3) is 0.714. The first-order chi connectivity index (χ1) is 4.41. The number of hydrogen-bond acceptors (Lipinski definition) is 2. The summed E-state index contributed by atoms with van der Waals surface area (Å²) >= 11 is 0. The molecule has 2 nitrogen and oxygen atoms in total. The summed E-state index contributed by atoms with van der Waals surface area (Å²) in [5.41, 5.74) is 0. The standard InChI is InChI=1S/C7H12O2/c1-3-5-6-9-7-8-4-2/h4,6-7H2,1-2H3. The van der Waals surface area contributed by atoms with E-state index >= 15 is 0 Å². The van der Waals surface area contributed by atoms with E-state index in [0.717, 1.165) is 0 Å². The van der Waals surface area contributed by atoms with E-state index in [9.17, 15) is 0 Å². The van der Waals surface area contributed by atoms with Crippen molar-refractivity contribution in [3.63, 3.8) is 0 Å². The first-order valence-corrected chi connectivity index (χ1v) is 2.97. The van der Waals surface area contributed by atoms with Crippen molar-refractivity contribution in [2.45, 2.75) is 13.8 Å². The quantitative estimate of drug-likeness (QED) is 0.320. The van der Waals surface area contributed by atoms with E-state index in [1.54, 1.807) is 6.92 Å². The van der Waals surface area contributed by atoms with Gasteiger partial charge in [0.2, 0.25) is 0 Å². The van der Waals surface area contributed by atoms with Crippen LogP contribution in [0.4, 0.5) is 0 Å². The smallest absolute Gasteiger partial charge is 0.148 e. The fourth-order valence-electron chi connectivity index (χ4n) is 0.307. The highest BCUT2D eigenvalue weighted by molar-refractivity contribution is 4.94. The molecule has 0 N–H and O–H groups in total. The van der Waals surface area contributed by atoms with Crippen molar-refractivity contribution in [2.75, 3.05) is 20.0 Å². The van der Waals surface area contributed by atoms with E-state index in [2.05, 4.69) is 11.8 Å². The minimum Gasteiger partial charge on any atom is -0.356 e. The Morgan fingerprint density at radius 3 is 2.67 bits per heavy atom. The maximum Gasteiger partial charge on any atom is 0.148 e. The second-order valence-corrected chi connectivity index (χ2v) is 1.39. The van der Waals surface area contributed by atoms with Gasteiger partial charge in [0.1, 0.15) is 13.4 Å². The summed E-state index contributed by atoms with van der Waals surface area (Å²) in [6.45, 7) is 5.22. The Balaban J connectivity index is 2.80. The monoisotopic (exact) mass is 128 g/mol. The molecule has 0 aromatic heterocycles. The van der Waals surface area contributed by atoms with Gasteiger partial charge in [0.05, 0.1) is 0 Å². The molecule has 0 aromatic carbocycles. The van der Waals surface area contributed by atoms with Gasteiger partial charge >= 0.3 is 0 Å². The Bertz CT molecular complexity index is 99.2. The van der Waals surface area contributed by atoms with Crippen molar-refractivity contribution >= 4 is 0 Å². The van der Waals surface area contributed by atoms with Crippen molar-refractivity contribution in [1.82, 2.24) is 0 Å². The number of ether oxygens (including phenoxy) is 2. The van der Waals surface area contributed by atoms with Gasteiger partial charge in [0, 0.05) is 6.61 Å². The van der Waals surface area contributed by atoms with Gasteiger partial charge in [0.25, 0.3) is 0 Å². The molecule has 0 radical (unpaired) electrons. The van der Waals surface area contributed by atoms with E-state index in [1.165, 1.54) is 0 Å². The molecule has 0 rings (SSSR count). The largest absolute Gasteiger partial charge is 0.356 e. The molecule has 0 saturated carbocycles. The molecule has 0 unspecified atom stereocenters. The van der Waals surface area contributed by atoms with Crippen molar-refractivity contribution in [3.8, 4) is 11.8 Å². The Hall–Kier alpha value is -0.520. The van der Waals surface area contributed by atoms with E-state index in [4.69, 9.17) is 9.47 Å². The Morgan fingerprint density at radius 2 is 2.11 bits per heavy atom. The zero-order valence-corrected chi connectivity index (χ0v) is 5.94. The lowest BCUT2D eigenvalue weighted by Gasteiger charge is -1.97. The van der Waals surface area contributed by atoms with Crippen LogP contribution in [0.3, 0.4) is 0 Å². The molecule has 0 fully saturated rings. The van der Waals surface area contributed by atoms with Gasteiger partial charge in [-0.2, -0.15) is 0 Å². The first kappa shape index (κ1) is 8.48. The molecular formula is C7H12O2. The Morgan fingerprint density at radius 1 is 1.33 bits per heavy atom. The third-order valence-corrected chi connectivity index (χ3v) is 0.722. The fourth-order valence-corrected chi connectivity index (χ4v) is 0.307. The normalized spacial score (nSPS) is 8.22. The summed E-state index contributed by atoms with van der Waals surface area (Å²) in [4.78, 5) is 0. The molecule has 0 atom stereocenters.